The molecule has 1 aromatic heterocycles. The second-order valence-corrected chi connectivity index (χ2v) is 7.68. The maximum Gasteiger partial charge on any atom is 0.282 e. The second-order valence-electron chi connectivity index (χ2n) is 7.68. The number of amides is 2. The number of halogens is 2. The first-order chi connectivity index (χ1) is 14.6. The SMILES string of the molecule is CN1CC[C@@](O)(C#Cc2cccc(-c3nc(C(N)=O)cc(N4CC(F)(F)C4)n3)c2)C1=O. The van der Waals surface area contributed by atoms with Crippen molar-refractivity contribution in [1.82, 2.24) is 14.9 Å². The van der Waals surface area contributed by atoms with E-state index in [2.05, 4.69) is 21.8 Å². The Bertz CT molecular complexity index is 1140. The number of carbonyl (C=O) groups excluding carboxylic acids is 2. The van der Waals surface area contributed by atoms with E-state index in [1.165, 1.54) is 15.9 Å². The van der Waals surface area contributed by atoms with E-state index in [0.29, 0.717) is 17.7 Å². The fourth-order valence-electron chi connectivity index (χ4n) is 3.41. The average molecular weight is 427 g/mol. The monoisotopic (exact) mass is 427 g/mol. The molecule has 2 aliphatic heterocycles. The smallest absolute Gasteiger partial charge is 0.282 e. The van der Waals surface area contributed by atoms with Crippen LogP contribution < -0.4 is 10.6 Å². The summed E-state index contributed by atoms with van der Waals surface area (Å²) in [4.78, 5) is 34.9. The molecule has 2 saturated heterocycles. The molecule has 10 heteroatoms. The second kappa shape index (κ2) is 7.28. The van der Waals surface area contributed by atoms with Crippen LogP contribution in [-0.4, -0.2) is 70.0 Å². The summed E-state index contributed by atoms with van der Waals surface area (Å²) in [6.45, 7) is -0.599. The largest absolute Gasteiger partial charge is 0.369 e. The highest BCUT2D eigenvalue weighted by molar-refractivity contribution is 5.92. The molecule has 0 radical (unpaired) electrons. The summed E-state index contributed by atoms with van der Waals surface area (Å²) in [7, 11) is 1.59. The first-order valence-corrected chi connectivity index (χ1v) is 9.50. The summed E-state index contributed by atoms with van der Waals surface area (Å²) in [5, 5.41) is 10.4. The lowest BCUT2D eigenvalue weighted by Crippen LogP contribution is -2.56. The maximum atomic E-state index is 13.3. The number of anilines is 1. The number of benzene rings is 1. The summed E-state index contributed by atoms with van der Waals surface area (Å²) in [6, 6.07) is 7.92. The van der Waals surface area contributed by atoms with Crippen molar-refractivity contribution in [2.45, 2.75) is 17.9 Å². The molecule has 1 aromatic carbocycles. The van der Waals surface area contributed by atoms with Gasteiger partial charge in [0.25, 0.3) is 17.7 Å². The summed E-state index contributed by atoms with van der Waals surface area (Å²) in [5.74, 6) is 1.65. The maximum absolute atomic E-state index is 13.3. The Hall–Kier alpha value is -3.58. The Labute approximate surface area is 176 Å². The topological polar surface area (TPSA) is 113 Å². The van der Waals surface area contributed by atoms with Gasteiger partial charge in [-0.1, -0.05) is 24.0 Å². The zero-order chi connectivity index (χ0) is 22.4. The molecule has 2 aromatic rings. The number of primary amides is 1. The van der Waals surface area contributed by atoms with E-state index in [0.717, 1.165) is 0 Å². The van der Waals surface area contributed by atoms with E-state index >= 15 is 0 Å². The van der Waals surface area contributed by atoms with Crippen molar-refractivity contribution in [3.8, 4) is 23.2 Å². The van der Waals surface area contributed by atoms with Crippen molar-refractivity contribution in [2.24, 2.45) is 5.73 Å². The van der Waals surface area contributed by atoms with Gasteiger partial charge >= 0.3 is 0 Å². The third-order valence-electron chi connectivity index (χ3n) is 5.18. The molecule has 4 rings (SSSR count). The van der Waals surface area contributed by atoms with Gasteiger partial charge in [-0.3, -0.25) is 9.59 Å². The number of hydrogen-bond acceptors (Lipinski definition) is 6. The Balaban J connectivity index is 1.67. The lowest BCUT2D eigenvalue weighted by molar-refractivity contribution is -0.137. The predicted molar refractivity (Wildman–Crippen MR) is 107 cm³/mol. The zero-order valence-electron chi connectivity index (χ0n) is 16.6. The highest BCUT2D eigenvalue weighted by atomic mass is 19.3. The highest BCUT2D eigenvalue weighted by Crippen LogP contribution is 2.32. The van der Waals surface area contributed by atoms with Gasteiger partial charge in [-0.05, 0) is 12.1 Å². The molecule has 0 spiro atoms. The number of likely N-dealkylation sites (tertiary alicyclic amines) is 1. The molecule has 0 saturated carbocycles. The molecule has 2 amide bonds. The molecule has 1 atom stereocenters. The third-order valence-corrected chi connectivity index (χ3v) is 5.18. The molecule has 31 heavy (non-hydrogen) atoms. The number of carbonyl (C=O) groups is 2. The number of aliphatic hydroxyl groups is 1. The lowest BCUT2D eigenvalue weighted by atomic mass is 10.0. The Morgan fingerprint density at radius 2 is 2.00 bits per heavy atom. The van der Waals surface area contributed by atoms with E-state index in [1.807, 2.05) is 0 Å². The quantitative estimate of drug-likeness (QED) is 0.696. The van der Waals surface area contributed by atoms with Crippen LogP contribution >= 0.6 is 0 Å². The summed E-state index contributed by atoms with van der Waals surface area (Å²) < 4.78 is 26.5. The van der Waals surface area contributed by atoms with Gasteiger partial charge in [0.1, 0.15) is 11.5 Å². The van der Waals surface area contributed by atoms with Gasteiger partial charge in [-0.2, -0.15) is 0 Å². The number of hydrogen-bond donors (Lipinski definition) is 2. The van der Waals surface area contributed by atoms with Crippen LogP contribution in [0.5, 0.6) is 0 Å². The first kappa shape index (κ1) is 20.7. The average Bonchev–Trinajstić information content (AvgIpc) is 2.98. The van der Waals surface area contributed by atoms with Crippen LogP contribution in [0.25, 0.3) is 11.4 Å². The number of rotatable bonds is 3. The van der Waals surface area contributed by atoms with Crippen LogP contribution in [-0.2, 0) is 4.79 Å². The molecular formula is C21H19F2N5O3. The minimum atomic E-state index is -2.81. The molecule has 0 bridgehead atoms. The zero-order valence-corrected chi connectivity index (χ0v) is 16.6. The molecule has 2 aliphatic rings. The molecular weight excluding hydrogens is 408 g/mol. The Kier molecular flexibility index (Phi) is 4.86. The fraction of sp³-hybridized carbons (Fsp3) is 0.333. The van der Waals surface area contributed by atoms with Crippen LogP contribution in [0, 0.1) is 11.8 Å². The summed E-state index contributed by atoms with van der Waals surface area (Å²) in [6.07, 6.45) is 0.211. The van der Waals surface area contributed by atoms with Crippen LogP contribution in [0.3, 0.4) is 0 Å². The molecule has 3 heterocycles. The molecule has 3 N–H and O–H groups in total. The normalized spacial score (nSPS) is 22.0. The third kappa shape index (κ3) is 4.04. The number of likely N-dealkylation sites (N-methyl/N-ethyl adjacent to an activating group) is 1. The van der Waals surface area contributed by atoms with Gasteiger partial charge in [0.15, 0.2) is 5.82 Å². The fourth-order valence-corrected chi connectivity index (χ4v) is 3.41. The van der Waals surface area contributed by atoms with E-state index in [9.17, 15) is 23.5 Å². The number of nitrogens with two attached hydrogens (primary N) is 1. The van der Waals surface area contributed by atoms with Crippen LogP contribution in [0.4, 0.5) is 14.6 Å². The Morgan fingerprint density at radius 3 is 2.61 bits per heavy atom. The molecule has 8 nitrogen and oxygen atoms in total. The van der Waals surface area contributed by atoms with E-state index in [1.54, 1.807) is 31.3 Å². The van der Waals surface area contributed by atoms with Crippen molar-refractivity contribution in [3.63, 3.8) is 0 Å². The van der Waals surface area contributed by atoms with Gasteiger partial charge in [-0.25, -0.2) is 18.7 Å². The molecule has 0 unspecified atom stereocenters. The molecule has 160 valence electrons. The van der Waals surface area contributed by atoms with Gasteiger partial charge in [0, 0.05) is 37.2 Å². The van der Waals surface area contributed by atoms with Crippen LogP contribution in [0.15, 0.2) is 30.3 Å². The van der Waals surface area contributed by atoms with Gasteiger partial charge in [0.05, 0.1) is 13.1 Å². The minimum Gasteiger partial charge on any atom is -0.369 e. The number of nitrogens with zero attached hydrogens (tertiary/aromatic N) is 4. The van der Waals surface area contributed by atoms with Crippen molar-refractivity contribution in [1.29, 1.82) is 0 Å². The number of aromatic nitrogens is 2. The van der Waals surface area contributed by atoms with Gasteiger partial charge in [0.2, 0.25) is 5.60 Å². The summed E-state index contributed by atoms with van der Waals surface area (Å²) in [5.41, 5.74) is 4.48. The van der Waals surface area contributed by atoms with Crippen molar-refractivity contribution in [3.05, 3.63) is 41.6 Å². The van der Waals surface area contributed by atoms with Gasteiger partial charge < -0.3 is 20.6 Å². The van der Waals surface area contributed by atoms with Crippen molar-refractivity contribution < 1.29 is 23.5 Å². The minimum absolute atomic E-state index is 0.0967. The summed E-state index contributed by atoms with van der Waals surface area (Å²) >= 11 is 0. The first-order valence-electron chi connectivity index (χ1n) is 9.50. The molecule has 2 fully saturated rings. The lowest BCUT2D eigenvalue weighted by Gasteiger charge is -2.39. The van der Waals surface area contributed by atoms with Gasteiger partial charge in [-0.15, -0.1) is 0 Å². The predicted octanol–water partition coefficient (Wildman–Crippen LogP) is 0.642. The standard InChI is InChI=1S/C21H19F2N5O3/c1-27-8-7-20(31,19(27)30)6-5-13-3-2-4-14(9-13)18-25-15(17(24)29)10-16(26-18)28-11-21(22,23)12-28/h2-4,9-10,31H,7-8,11-12H2,1H3,(H2,24,29)/t20-/m0/s1. The number of alkyl halides is 2. The highest BCUT2D eigenvalue weighted by Gasteiger charge is 2.45. The molecule has 0 aliphatic carbocycles. The van der Waals surface area contributed by atoms with Crippen LogP contribution in [0.2, 0.25) is 0 Å². The van der Waals surface area contributed by atoms with Crippen molar-refractivity contribution >= 4 is 17.6 Å². The van der Waals surface area contributed by atoms with Crippen LogP contribution in [0.1, 0.15) is 22.5 Å². The Morgan fingerprint density at radius 1 is 1.26 bits per heavy atom. The van der Waals surface area contributed by atoms with E-state index < -0.39 is 36.4 Å². The van der Waals surface area contributed by atoms with E-state index in [4.69, 9.17) is 5.73 Å². The van der Waals surface area contributed by atoms with Crippen molar-refractivity contribution in [2.75, 3.05) is 31.6 Å². The van der Waals surface area contributed by atoms with E-state index in [-0.39, 0.29) is 23.8 Å².